The standard InChI is InChI=1S/C16H24N2/c1-16(2,3)11-7-10-15(17)13-8-6-9-14(12-13)18(4)5/h6,8-9,12,15H,10,17H2,1-5H3. The van der Waals surface area contributed by atoms with Gasteiger partial charge < -0.3 is 10.6 Å². The van der Waals surface area contributed by atoms with Gasteiger partial charge in [0, 0.05) is 37.7 Å². The SMILES string of the molecule is CN(C)c1cccc(C(N)CC#CC(C)(C)C)c1. The van der Waals surface area contributed by atoms with Gasteiger partial charge in [0.05, 0.1) is 0 Å². The van der Waals surface area contributed by atoms with Gasteiger partial charge in [0.1, 0.15) is 0 Å². The Morgan fingerprint density at radius 2 is 1.94 bits per heavy atom. The lowest BCUT2D eigenvalue weighted by Crippen LogP contribution is -2.12. The van der Waals surface area contributed by atoms with Crippen LogP contribution in [0.3, 0.4) is 0 Å². The van der Waals surface area contributed by atoms with Crippen LogP contribution in [-0.4, -0.2) is 14.1 Å². The molecule has 1 rings (SSSR count). The van der Waals surface area contributed by atoms with E-state index in [9.17, 15) is 0 Å². The summed E-state index contributed by atoms with van der Waals surface area (Å²) < 4.78 is 0. The zero-order valence-electron chi connectivity index (χ0n) is 12.1. The number of hydrogen-bond acceptors (Lipinski definition) is 2. The Kier molecular flexibility index (Phi) is 4.81. The fraction of sp³-hybridized carbons (Fsp3) is 0.500. The normalized spacial score (nSPS) is 12.6. The van der Waals surface area contributed by atoms with Crippen molar-refractivity contribution in [1.82, 2.24) is 0 Å². The third kappa shape index (κ3) is 4.81. The molecule has 18 heavy (non-hydrogen) atoms. The fourth-order valence-corrected chi connectivity index (χ4v) is 1.58. The third-order valence-electron chi connectivity index (χ3n) is 2.60. The van der Waals surface area contributed by atoms with Crippen LogP contribution < -0.4 is 10.6 Å². The summed E-state index contributed by atoms with van der Waals surface area (Å²) in [6.45, 7) is 6.33. The van der Waals surface area contributed by atoms with Crippen LogP contribution in [0.5, 0.6) is 0 Å². The molecule has 0 aliphatic rings. The second-order valence-electron chi connectivity index (χ2n) is 5.85. The Morgan fingerprint density at radius 1 is 1.28 bits per heavy atom. The highest BCUT2D eigenvalue weighted by Gasteiger charge is 2.07. The predicted octanol–water partition coefficient (Wildman–Crippen LogP) is 3.19. The monoisotopic (exact) mass is 244 g/mol. The van der Waals surface area contributed by atoms with Gasteiger partial charge in [0.15, 0.2) is 0 Å². The Morgan fingerprint density at radius 3 is 2.50 bits per heavy atom. The summed E-state index contributed by atoms with van der Waals surface area (Å²) >= 11 is 0. The van der Waals surface area contributed by atoms with Crippen molar-refractivity contribution in [2.75, 3.05) is 19.0 Å². The van der Waals surface area contributed by atoms with Crippen LogP contribution in [0.2, 0.25) is 0 Å². The molecule has 98 valence electrons. The molecule has 1 unspecified atom stereocenters. The molecular formula is C16H24N2. The van der Waals surface area contributed by atoms with Gasteiger partial charge >= 0.3 is 0 Å². The minimum absolute atomic E-state index is 0.0141. The van der Waals surface area contributed by atoms with E-state index in [1.165, 1.54) is 5.69 Å². The molecule has 2 N–H and O–H groups in total. The highest BCUT2D eigenvalue weighted by atomic mass is 15.1. The van der Waals surface area contributed by atoms with E-state index in [0.717, 1.165) is 5.56 Å². The topological polar surface area (TPSA) is 29.3 Å². The summed E-state index contributed by atoms with van der Waals surface area (Å²) in [6, 6.07) is 8.30. The average Bonchev–Trinajstić information content (AvgIpc) is 2.27. The van der Waals surface area contributed by atoms with E-state index in [2.05, 4.69) is 55.7 Å². The van der Waals surface area contributed by atoms with Gasteiger partial charge in [-0.25, -0.2) is 0 Å². The van der Waals surface area contributed by atoms with Gasteiger partial charge in [0.25, 0.3) is 0 Å². The quantitative estimate of drug-likeness (QED) is 0.827. The number of rotatable bonds is 3. The van der Waals surface area contributed by atoms with Crippen molar-refractivity contribution in [1.29, 1.82) is 0 Å². The summed E-state index contributed by atoms with van der Waals surface area (Å²) in [4.78, 5) is 2.08. The largest absolute Gasteiger partial charge is 0.378 e. The maximum Gasteiger partial charge on any atom is 0.0406 e. The lowest BCUT2D eigenvalue weighted by Gasteiger charge is -2.16. The van der Waals surface area contributed by atoms with E-state index < -0.39 is 0 Å². The van der Waals surface area contributed by atoms with Crippen LogP contribution in [0.25, 0.3) is 0 Å². The first-order valence-electron chi connectivity index (χ1n) is 6.32. The van der Waals surface area contributed by atoms with Gasteiger partial charge in [0.2, 0.25) is 0 Å². The maximum atomic E-state index is 6.17. The molecule has 1 atom stereocenters. The number of anilines is 1. The number of benzene rings is 1. The van der Waals surface area contributed by atoms with Crippen LogP contribution in [0.4, 0.5) is 5.69 Å². The minimum Gasteiger partial charge on any atom is -0.378 e. The summed E-state index contributed by atoms with van der Waals surface area (Å²) in [5.41, 5.74) is 8.54. The van der Waals surface area contributed by atoms with Crippen molar-refractivity contribution >= 4 is 5.69 Å². The van der Waals surface area contributed by atoms with Crippen molar-refractivity contribution in [3.8, 4) is 11.8 Å². The van der Waals surface area contributed by atoms with E-state index >= 15 is 0 Å². The molecular weight excluding hydrogens is 220 g/mol. The first-order chi connectivity index (χ1) is 8.29. The number of nitrogens with two attached hydrogens (primary N) is 1. The van der Waals surface area contributed by atoms with E-state index in [0.29, 0.717) is 6.42 Å². The molecule has 1 aromatic rings. The summed E-state index contributed by atoms with van der Waals surface area (Å²) in [7, 11) is 4.06. The van der Waals surface area contributed by atoms with E-state index in [4.69, 9.17) is 5.73 Å². The summed E-state index contributed by atoms with van der Waals surface area (Å²) in [5, 5.41) is 0. The lowest BCUT2D eigenvalue weighted by molar-refractivity contribution is 0.569. The van der Waals surface area contributed by atoms with E-state index in [1.807, 2.05) is 20.2 Å². The molecule has 0 spiro atoms. The van der Waals surface area contributed by atoms with Crippen molar-refractivity contribution in [3.63, 3.8) is 0 Å². The molecule has 0 saturated carbocycles. The summed E-state index contributed by atoms with van der Waals surface area (Å²) in [5.74, 6) is 6.40. The molecule has 0 aliphatic heterocycles. The van der Waals surface area contributed by atoms with Crippen LogP contribution in [0.15, 0.2) is 24.3 Å². The third-order valence-corrected chi connectivity index (χ3v) is 2.60. The van der Waals surface area contributed by atoms with Gasteiger partial charge in [-0.2, -0.15) is 0 Å². The Bertz CT molecular complexity index is 444. The molecule has 0 fully saturated rings. The first kappa shape index (κ1) is 14.6. The van der Waals surface area contributed by atoms with E-state index in [-0.39, 0.29) is 11.5 Å². The molecule has 2 nitrogen and oxygen atoms in total. The first-order valence-corrected chi connectivity index (χ1v) is 6.32. The van der Waals surface area contributed by atoms with Crippen molar-refractivity contribution in [2.24, 2.45) is 11.1 Å². The zero-order valence-corrected chi connectivity index (χ0v) is 12.1. The Hall–Kier alpha value is -1.46. The molecule has 0 amide bonds. The van der Waals surface area contributed by atoms with Gasteiger partial charge in [-0.1, -0.05) is 18.1 Å². The maximum absolute atomic E-state index is 6.17. The number of nitrogens with zero attached hydrogens (tertiary/aromatic N) is 1. The van der Waals surface area contributed by atoms with Crippen LogP contribution in [0.1, 0.15) is 38.8 Å². The average molecular weight is 244 g/mol. The second kappa shape index (κ2) is 5.93. The van der Waals surface area contributed by atoms with Crippen molar-refractivity contribution in [2.45, 2.75) is 33.2 Å². The van der Waals surface area contributed by atoms with Gasteiger partial charge in [-0.05, 0) is 38.5 Å². The number of hydrogen-bond donors (Lipinski definition) is 1. The van der Waals surface area contributed by atoms with Crippen molar-refractivity contribution < 1.29 is 0 Å². The highest BCUT2D eigenvalue weighted by Crippen LogP contribution is 2.20. The zero-order chi connectivity index (χ0) is 13.8. The van der Waals surface area contributed by atoms with Crippen LogP contribution >= 0.6 is 0 Å². The minimum atomic E-state index is -0.0141. The molecule has 0 aromatic heterocycles. The lowest BCUT2D eigenvalue weighted by atomic mass is 9.97. The fourth-order valence-electron chi connectivity index (χ4n) is 1.58. The van der Waals surface area contributed by atoms with E-state index in [1.54, 1.807) is 0 Å². The molecule has 1 aromatic carbocycles. The molecule has 0 heterocycles. The summed E-state index contributed by atoms with van der Waals surface area (Å²) in [6.07, 6.45) is 0.703. The van der Waals surface area contributed by atoms with Crippen molar-refractivity contribution in [3.05, 3.63) is 29.8 Å². The molecule has 0 aliphatic carbocycles. The molecule has 2 heteroatoms. The Balaban J connectivity index is 2.75. The smallest absolute Gasteiger partial charge is 0.0406 e. The van der Waals surface area contributed by atoms with Gasteiger partial charge in [-0.3, -0.25) is 0 Å². The van der Waals surface area contributed by atoms with Gasteiger partial charge in [-0.15, -0.1) is 5.92 Å². The van der Waals surface area contributed by atoms with Crippen LogP contribution in [-0.2, 0) is 0 Å². The molecule has 0 saturated heterocycles. The van der Waals surface area contributed by atoms with Crippen LogP contribution in [0, 0.1) is 17.3 Å². The predicted molar refractivity (Wildman–Crippen MR) is 79.5 cm³/mol. The highest BCUT2D eigenvalue weighted by molar-refractivity contribution is 5.47. The molecule has 0 radical (unpaired) electrons. The Labute approximate surface area is 111 Å². The molecule has 0 bridgehead atoms. The second-order valence-corrected chi connectivity index (χ2v) is 5.85.